The molecular weight excluding hydrogens is 253 g/mol. The first-order chi connectivity index (χ1) is 9.38. The molecule has 2 fully saturated rings. The Labute approximate surface area is 119 Å². The molecule has 0 spiro atoms. The van der Waals surface area contributed by atoms with E-state index in [4.69, 9.17) is 10.00 Å². The normalized spacial score (nSPS) is 34.0. The molecule has 2 nitrogen and oxygen atoms in total. The van der Waals surface area contributed by atoms with Crippen LogP contribution in [0.15, 0.2) is 18.2 Å². The summed E-state index contributed by atoms with van der Waals surface area (Å²) in [7, 11) is 0. The Morgan fingerprint density at radius 2 is 2.10 bits per heavy atom. The summed E-state index contributed by atoms with van der Waals surface area (Å²) in [5, 5.41) is 8.78. The number of hydrogen-bond donors (Lipinski definition) is 0. The average molecular weight is 273 g/mol. The Hall–Kier alpha value is -1.56. The second-order valence-electron chi connectivity index (χ2n) is 6.97. The van der Waals surface area contributed by atoms with Crippen LogP contribution < -0.4 is 4.74 Å². The van der Waals surface area contributed by atoms with E-state index >= 15 is 0 Å². The standard InChI is InChI=1S/C17H20FNO/c1-16(2)12-6-7-17(16,3)15(9-12)20-14-5-4-11(10-19)8-13(14)18/h4-5,8,12,15H,6-7,9H2,1-3H3. The molecule has 0 saturated heterocycles. The highest BCUT2D eigenvalue weighted by atomic mass is 19.1. The maximum atomic E-state index is 14.0. The molecule has 1 aromatic rings. The molecule has 3 heteroatoms. The van der Waals surface area contributed by atoms with Crippen molar-refractivity contribution in [2.75, 3.05) is 0 Å². The van der Waals surface area contributed by atoms with Crippen LogP contribution in [0.1, 0.15) is 45.6 Å². The minimum Gasteiger partial charge on any atom is -0.487 e. The van der Waals surface area contributed by atoms with Crippen LogP contribution in [0.4, 0.5) is 4.39 Å². The topological polar surface area (TPSA) is 33.0 Å². The monoisotopic (exact) mass is 273 g/mol. The lowest BCUT2D eigenvalue weighted by Gasteiger charge is -2.38. The van der Waals surface area contributed by atoms with E-state index in [0.29, 0.717) is 11.5 Å². The fraction of sp³-hybridized carbons (Fsp3) is 0.588. The molecule has 1 aromatic carbocycles. The van der Waals surface area contributed by atoms with E-state index in [9.17, 15) is 4.39 Å². The molecule has 0 N–H and O–H groups in total. The number of nitriles is 1. The van der Waals surface area contributed by atoms with Gasteiger partial charge in [0.05, 0.1) is 11.6 Å². The Morgan fingerprint density at radius 1 is 1.35 bits per heavy atom. The van der Waals surface area contributed by atoms with Crippen LogP contribution >= 0.6 is 0 Å². The Balaban J connectivity index is 1.85. The van der Waals surface area contributed by atoms with Gasteiger partial charge in [0.2, 0.25) is 0 Å². The summed E-state index contributed by atoms with van der Waals surface area (Å²) >= 11 is 0. The molecule has 2 aliphatic carbocycles. The zero-order valence-corrected chi connectivity index (χ0v) is 12.2. The lowest BCUT2D eigenvalue weighted by Crippen LogP contribution is -2.39. The fourth-order valence-electron chi connectivity index (χ4n) is 4.13. The first-order valence-corrected chi connectivity index (χ1v) is 7.25. The number of benzene rings is 1. The maximum Gasteiger partial charge on any atom is 0.166 e. The number of fused-ring (bicyclic) bond motifs is 2. The molecule has 3 unspecified atom stereocenters. The van der Waals surface area contributed by atoms with Crippen LogP contribution in [0.5, 0.6) is 5.75 Å². The van der Waals surface area contributed by atoms with Crippen molar-refractivity contribution in [1.29, 1.82) is 5.26 Å². The van der Waals surface area contributed by atoms with Crippen LogP contribution in [0.3, 0.4) is 0 Å². The molecule has 0 radical (unpaired) electrons. The van der Waals surface area contributed by atoms with E-state index in [1.807, 2.05) is 6.07 Å². The average Bonchev–Trinajstić information content (AvgIpc) is 2.74. The molecule has 2 bridgehead atoms. The maximum absolute atomic E-state index is 14.0. The van der Waals surface area contributed by atoms with E-state index in [0.717, 1.165) is 12.8 Å². The van der Waals surface area contributed by atoms with Gasteiger partial charge in [0.25, 0.3) is 0 Å². The molecule has 0 aromatic heterocycles. The molecule has 0 amide bonds. The van der Waals surface area contributed by atoms with Gasteiger partial charge in [-0.25, -0.2) is 4.39 Å². The SMILES string of the molecule is CC1(C)C2CCC1(C)C(Oc1ccc(C#N)cc1F)C2. The Bertz CT molecular complexity index is 589. The summed E-state index contributed by atoms with van der Waals surface area (Å²) in [6.45, 7) is 6.89. The largest absolute Gasteiger partial charge is 0.487 e. The van der Waals surface area contributed by atoms with E-state index in [1.54, 1.807) is 12.1 Å². The van der Waals surface area contributed by atoms with Crippen molar-refractivity contribution in [2.24, 2.45) is 16.7 Å². The molecule has 0 heterocycles. The first kappa shape index (κ1) is 13.4. The van der Waals surface area contributed by atoms with Crippen molar-refractivity contribution in [3.05, 3.63) is 29.6 Å². The third-order valence-electron chi connectivity index (χ3n) is 6.04. The van der Waals surface area contributed by atoms with E-state index in [-0.39, 0.29) is 22.7 Å². The number of nitrogens with zero attached hydrogens (tertiary/aromatic N) is 1. The highest BCUT2D eigenvalue weighted by Gasteiger charge is 2.62. The lowest BCUT2D eigenvalue weighted by molar-refractivity contribution is 0.0278. The molecule has 20 heavy (non-hydrogen) atoms. The highest BCUT2D eigenvalue weighted by Crippen LogP contribution is 2.66. The first-order valence-electron chi connectivity index (χ1n) is 7.25. The number of halogens is 1. The van der Waals surface area contributed by atoms with Gasteiger partial charge in [0.1, 0.15) is 6.10 Å². The number of rotatable bonds is 2. The summed E-state index contributed by atoms with van der Waals surface area (Å²) in [6.07, 6.45) is 3.47. The third kappa shape index (κ3) is 1.67. The van der Waals surface area contributed by atoms with Gasteiger partial charge in [0.15, 0.2) is 11.6 Å². The van der Waals surface area contributed by atoms with E-state index < -0.39 is 5.82 Å². The molecular formula is C17H20FNO. The second-order valence-corrected chi connectivity index (χ2v) is 6.97. The van der Waals surface area contributed by atoms with Crippen molar-refractivity contribution in [3.8, 4) is 11.8 Å². The van der Waals surface area contributed by atoms with Crippen LogP contribution in [-0.4, -0.2) is 6.10 Å². The van der Waals surface area contributed by atoms with Crippen LogP contribution in [0.2, 0.25) is 0 Å². The summed E-state index contributed by atoms with van der Waals surface area (Å²) in [4.78, 5) is 0. The van der Waals surface area contributed by atoms with Crippen molar-refractivity contribution < 1.29 is 9.13 Å². The minimum atomic E-state index is -0.437. The minimum absolute atomic E-state index is 0.0682. The molecule has 3 rings (SSSR count). The predicted molar refractivity (Wildman–Crippen MR) is 74.8 cm³/mol. The zero-order valence-electron chi connectivity index (χ0n) is 12.2. The van der Waals surface area contributed by atoms with Gasteiger partial charge in [-0.1, -0.05) is 20.8 Å². The Morgan fingerprint density at radius 3 is 2.60 bits per heavy atom. The summed E-state index contributed by atoms with van der Waals surface area (Å²) in [6, 6.07) is 6.38. The molecule has 106 valence electrons. The van der Waals surface area contributed by atoms with Gasteiger partial charge in [0, 0.05) is 5.41 Å². The van der Waals surface area contributed by atoms with Gasteiger partial charge in [-0.15, -0.1) is 0 Å². The molecule has 2 aliphatic rings. The van der Waals surface area contributed by atoms with Gasteiger partial charge in [-0.2, -0.15) is 5.26 Å². The zero-order chi connectivity index (χ0) is 14.5. The Kier molecular flexibility index (Phi) is 2.83. The van der Waals surface area contributed by atoms with E-state index in [2.05, 4.69) is 20.8 Å². The van der Waals surface area contributed by atoms with Gasteiger partial charge in [-0.05, 0) is 48.8 Å². The summed E-state index contributed by atoms with van der Waals surface area (Å²) < 4.78 is 20.0. The van der Waals surface area contributed by atoms with Crippen molar-refractivity contribution >= 4 is 0 Å². The van der Waals surface area contributed by atoms with Crippen molar-refractivity contribution in [1.82, 2.24) is 0 Å². The molecule has 0 aliphatic heterocycles. The van der Waals surface area contributed by atoms with Crippen LogP contribution in [0, 0.1) is 33.9 Å². The van der Waals surface area contributed by atoms with Gasteiger partial charge < -0.3 is 4.74 Å². The number of hydrogen-bond acceptors (Lipinski definition) is 2. The van der Waals surface area contributed by atoms with Crippen molar-refractivity contribution in [2.45, 2.75) is 46.1 Å². The van der Waals surface area contributed by atoms with Crippen molar-refractivity contribution in [3.63, 3.8) is 0 Å². The van der Waals surface area contributed by atoms with Crippen LogP contribution in [0.25, 0.3) is 0 Å². The fourth-order valence-corrected chi connectivity index (χ4v) is 4.13. The van der Waals surface area contributed by atoms with Crippen LogP contribution in [-0.2, 0) is 0 Å². The number of ether oxygens (including phenoxy) is 1. The van der Waals surface area contributed by atoms with Gasteiger partial charge >= 0.3 is 0 Å². The molecule has 3 atom stereocenters. The molecule has 2 saturated carbocycles. The van der Waals surface area contributed by atoms with Gasteiger partial charge in [-0.3, -0.25) is 0 Å². The predicted octanol–water partition coefficient (Wildman–Crippen LogP) is 4.29. The second kappa shape index (κ2) is 4.22. The lowest BCUT2D eigenvalue weighted by atomic mass is 9.70. The smallest absolute Gasteiger partial charge is 0.166 e. The highest BCUT2D eigenvalue weighted by molar-refractivity contribution is 5.36. The third-order valence-corrected chi connectivity index (χ3v) is 6.04. The summed E-state index contributed by atoms with van der Waals surface area (Å²) in [5.74, 6) is 0.505. The summed E-state index contributed by atoms with van der Waals surface area (Å²) in [5.41, 5.74) is 0.688. The van der Waals surface area contributed by atoms with E-state index in [1.165, 1.54) is 12.5 Å². The quantitative estimate of drug-likeness (QED) is 0.805.